The van der Waals surface area contributed by atoms with E-state index >= 15 is 0 Å². The second-order valence-electron chi connectivity index (χ2n) is 3.41. The maximum Gasteiger partial charge on any atom is 0.153 e. The first-order valence-electron chi connectivity index (χ1n) is 4.71. The molecule has 1 aromatic rings. The molecule has 3 nitrogen and oxygen atoms in total. The molecule has 0 saturated carbocycles. The number of ether oxygens (including phenoxy) is 1. The van der Waals surface area contributed by atoms with Crippen molar-refractivity contribution in [2.24, 2.45) is 0 Å². The van der Waals surface area contributed by atoms with Gasteiger partial charge in [0.1, 0.15) is 5.75 Å². The molecule has 1 heterocycles. The van der Waals surface area contributed by atoms with E-state index < -0.39 is 0 Å². The van der Waals surface area contributed by atoms with E-state index in [4.69, 9.17) is 4.74 Å². The number of hydrogen-bond donors (Lipinski definition) is 1. The Bertz CT molecular complexity index is 361. The van der Waals surface area contributed by atoms with Crippen molar-refractivity contribution in [2.75, 3.05) is 13.7 Å². The molecule has 1 N–H and O–H groups in total. The predicted octanol–water partition coefficient (Wildman–Crippen LogP) is 1.15. The standard InChI is InChI=1S/C11H13NO2/c1-14-11-5-9-6-12-3-2-8(9)4-10(11)7-13/h4-5,7,12H,2-3,6H2,1H3. The Morgan fingerprint density at radius 1 is 1.43 bits per heavy atom. The molecule has 2 rings (SSSR count). The highest BCUT2D eigenvalue weighted by molar-refractivity contribution is 5.80. The Labute approximate surface area is 83.1 Å². The van der Waals surface area contributed by atoms with Gasteiger partial charge < -0.3 is 10.1 Å². The molecule has 1 aliphatic rings. The number of hydrogen-bond acceptors (Lipinski definition) is 3. The van der Waals surface area contributed by atoms with E-state index in [1.54, 1.807) is 7.11 Å². The van der Waals surface area contributed by atoms with Crippen LogP contribution in [0.15, 0.2) is 12.1 Å². The van der Waals surface area contributed by atoms with Crippen LogP contribution in [-0.2, 0) is 13.0 Å². The molecule has 74 valence electrons. The van der Waals surface area contributed by atoms with Gasteiger partial charge in [-0.1, -0.05) is 0 Å². The highest BCUT2D eigenvalue weighted by atomic mass is 16.5. The Morgan fingerprint density at radius 3 is 3.00 bits per heavy atom. The summed E-state index contributed by atoms with van der Waals surface area (Å²) in [6, 6.07) is 3.88. The van der Waals surface area contributed by atoms with Gasteiger partial charge >= 0.3 is 0 Å². The summed E-state index contributed by atoms with van der Waals surface area (Å²) in [5, 5.41) is 3.29. The second-order valence-corrected chi connectivity index (χ2v) is 3.41. The van der Waals surface area contributed by atoms with E-state index in [1.165, 1.54) is 11.1 Å². The zero-order valence-electron chi connectivity index (χ0n) is 8.17. The van der Waals surface area contributed by atoms with E-state index in [-0.39, 0.29) is 0 Å². The second kappa shape index (κ2) is 3.80. The van der Waals surface area contributed by atoms with Crippen LogP contribution in [0.2, 0.25) is 0 Å². The largest absolute Gasteiger partial charge is 0.496 e. The predicted molar refractivity (Wildman–Crippen MR) is 53.8 cm³/mol. The van der Waals surface area contributed by atoms with E-state index in [0.29, 0.717) is 11.3 Å². The summed E-state index contributed by atoms with van der Waals surface area (Å²) in [5.74, 6) is 0.669. The van der Waals surface area contributed by atoms with Gasteiger partial charge in [-0.15, -0.1) is 0 Å². The molecule has 0 fully saturated rings. The van der Waals surface area contributed by atoms with E-state index in [0.717, 1.165) is 25.8 Å². The number of methoxy groups -OCH3 is 1. The van der Waals surface area contributed by atoms with E-state index in [9.17, 15) is 4.79 Å². The average molecular weight is 191 g/mol. The first kappa shape index (κ1) is 9.21. The summed E-state index contributed by atoms with van der Waals surface area (Å²) in [5.41, 5.74) is 3.14. The first-order valence-corrected chi connectivity index (χ1v) is 4.71. The smallest absolute Gasteiger partial charge is 0.153 e. The molecule has 0 atom stereocenters. The Balaban J connectivity index is 2.48. The van der Waals surface area contributed by atoms with Crippen molar-refractivity contribution in [1.29, 1.82) is 0 Å². The maximum absolute atomic E-state index is 10.8. The van der Waals surface area contributed by atoms with Crippen LogP contribution in [0.25, 0.3) is 0 Å². The molecule has 0 amide bonds. The van der Waals surface area contributed by atoms with Gasteiger partial charge in [-0.2, -0.15) is 0 Å². The number of nitrogens with one attached hydrogen (secondary N) is 1. The van der Waals surface area contributed by atoms with Crippen LogP contribution < -0.4 is 10.1 Å². The normalized spacial score (nSPS) is 14.6. The molecule has 0 bridgehead atoms. The van der Waals surface area contributed by atoms with Gasteiger partial charge in [-0.3, -0.25) is 4.79 Å². The monoisotopic (exact) mass is 191 g/mol. The summed E-state index contributed by atoms with van der Waals surface area (Å²) in [7, 11) is 1.59. The van der Waals surface area contributed by atoms with Crippen molar-refractivity contribution in [3.8, 4) is 5.75 Å². The third-order valence-corrected chi connectivity index (χ3v) is 2.57. The molecule has 0 saturated heterocycles. The van der Waals surface area contributed by atoms with Gasteiger partial charge in [0.05, 0.1) is 12.7 Å². The van der Waals surface area contributed by atoms with Gasteiger partial charge in [0.25, 0.3) is 0 Å². The van der Waals surface area contributed by atoms with Gasteiger partial charge in [0.15, 0.2) is 6.29 Å². The number of fused-ring (bicyclic) bond motifs is 1. The van der Waals surface area contributed by atoms with Crippen LogP contribution in [-0.4, -0.2) is 19.9 Å². The lowest BCUT2D eigenvalue weighted by atomic mass is 9.98. The summed E-state index contributed by atoms with van der Waals surface area (Å²) in [6.45, 7) is 1.85. The minimum absolute atomic E-state index is 0.646. The fourth-order valence-corrected chi connectivity index (χ4v) is 1.80. The van der Waals surface area contributed by atoms with Gasteiger partial charge in [-0.25, -0.2) is 0 Å². The lowest BCUT2D eigenvalue weighted by Gasteiger charge is -2.18. The molecule has 14 heavy (non-hydrogen) atoms. The summed E-state index contributed by atoms with van der Waals surface area (Å²) in [4.78, 5) is 10.8. The van der Waals surface area contributed by atoms with Crippen LogP contribution >= 0.6 is 0 Å². The minimum Gasteiger partial charge on any atom is -0.496 e. The van der Waals surface area contributed by atoms with Crippen molar-refractivity contribution >= 4 is 6.29 Å². The number of carbonyl (C=O) groups excluding carboxylic acids is 1. The molecule has 1 aromatic carbocycles. The lowest BCUT2D eigenvalue weighted by molar-refractivity contribution is 0.112. The van der Waals surface area contributed by atoms with Crippen LogP contribution in [0.5, 0.6) is 5.75 Å². The molecule has 1 aliphatic heterocycles. The van der Waals surface area contributed by atoms with Gasteiger partial charge in [0, 0.05) is 6.54 Å². The fourth-order valence-electron chi connectivity index (χ4n) is 1.80. The molecule has 0 unspecified atom stereocenters. The molecule has 0 aromatic heterocycles. The quantitative estimate of drug-likeness (QED) is 0.713. The number of carbonyl (C=O) groups is 1. The van der Waals surface area contributed by atoms with Crippen molar-refractivity contribution < 1.29 is 9.53 Å². The highest BCUT2D eigenvalue weighted by Crippen LogP contribution is 2.24. The first-order chi connectivity index (χ1) is 6.85. The van der Waals surface area contributed by atoms with Crippen LogP contribution in [0.1, 0.15) is 21.5 Å². The number of benzene rings is 1. The average Bonchev–Trinajstić information content (AvgIpc) is 2.27. The summed E-state index contributed by atoms with van der Waals surface area (Å²) < 4.78 is 5.14. The molecule has 0 aliphatic carbocycles. The topological polar surface area (TPSA) is 38.3 Å². The van der Waals surface area contributed by atoms with Crippen LogP contribution in [0.3, 0.4) is 0 Å². The van der Waals surface area contributed by atoms with Crippen LogP contribution in [0, 0.1) is 0 Å². The van der Waals surface area contributed by atoms with Crippen molar-refractivity contribution in [2.45, 2.75) is 13.0 Å². The van der Waals surface area contributed by atoms with Crippen molar-refractivity contribution in [3.05, 3.63) is 28.8 Å². The van der Waals surface area contributed by atoms with Gasteiger partial charge in [-0.05, 0) is 36.2 Å². The zero-order valence-corrected chi connectivity index (χ0v) is 8.17. The zero-order chi connectivity index (χ0) is 9.97. The fraction of sp³-hybridized carbons (Fsp3) is 0.364. The molecular formula is C11H13NO2. The van der Waals surface area contributed by atoms with Crippen molar-refractivity contribution in [1.82, 2.24) is 5.32 Å². The van der Waals surface area contributed by atoms with E-state index in [1.807, 2.05) is 12.1 Å². The Morgan fingerprint density at radius 2 is 2.29 bits per heavy atom. The lowest BCUT2D eigenvalue weighted by Crippen LogP contribution is -2.23. The molecule has 0 spiro atoms. The Kier molecular flexibility index (Phi) is 2.50. The maximum atomic E-state index is 10.8. The number of rotatable bonds is 2. The minimum atomic E-state index is 0.646. The van der Waals surface area contributed by atoms with E-state index in [2.05, 4.69) is 5.32 Å². The molecular weight excluding hydrogens is 178 g/mol. The molecule has 3 heteroatoms. The third-order valence-electron chi connectivity index (χ3n) is 2.57. The molecule has 0 radical (unpaired) electrons. The van der Waals surface area contributed by atoms with Crippen molar-refractivity contribution in [3.63, 3.8) is 0 Å². The third kappa shape index (κ3) is 1.51. The SMILES string of the molecule is COc1cc2c(cc1C=O)CCNC2. The van der Waals surface area contributed by atoms with Gasteiger partial charge in [0.2, 0.25) is 0 Å². The summed E-state index contributed by atoms with van der Waals surface area (Å²) >= 11 is 0. The number of aldehydes is 1. The summed E-state index contributed by atoms with van der Waals surface area (Å²) in [6.07, 6.45) is 1.83. The van der Waals surface area contributed by atoms with Crippen LogP contribution in [0.4, 0.5) is 0 Å². The Hall–Kier alpha value is -1.35. The highest BCUT2D eigenvalue weighted by Gasteiger charge is 2.12.